The SMILES string of the molecule is Cc1cc(CN(C)C(=O)C2CCC(N)C2)cc(C)c1OCC(F)(F)F. The molecular formula is C18H25F3N2O2. The molecule has 0 bridgehead atoms. The van der Waals surface area contributed by atoms with E-state index >= 15 is 0 Å². The maximum absolute atomic E-state index is 12.5. The van der Waals surface area contributed by atoms with Crippen molar-refractivity contribution >= 4 is 5.91 Å². The van der Waals surface area contributed by atoms with E-state index in [9.17, 15) is 18.0 Å². The van der Waals surface area contributed by atoms with Crippen LogP contribution in [0.25, 0.3) is 0 Å². The zero-order valence-electron chi connectivity index (χ0n) is 14.8. The monoisotopic (exact) mass is 358 g/mol. The Balaban J connectivity index is 2.04. The number of amides is 1. The van der Waals surface area contributed by atoms with Gasteiger partial charge in [-0.3, -0.25) is 4.79 Å². The molecule has 0 aliphatic heterocycles. The van der Waals surface area contributed by atoms with E-state index in [4.69, 9.17) is 10.5 Å². The van der Waals surface area contributed by atoms with Crippen molar-refractivity contribution < 1.29 is 22.7 Å². The number of nitrogens with zero attached hydrogens (tertiary/aromatic N) is 1. The van der Waals surface area contributed by atoms with E-state index in [1.807, 2.05) is 0 Å². The Kier molecular flexibility index (Phi) is 5.98. The van der Waals surface area contributed by atoms with Crippen molar-refractivity contribution in [2.24, 2.45) is 11.7 Å². The summed E-state index contributed by atoms with van der Waals surface area (Å²) >= 11 is 0. The van der Waals surface area contributed by atoms with Crippen LogP contribution in [0.1, 0.15) is 36.0 Å². The van der Waals surface area contributed by atoms with Gasteiger partial charge in [0.05, 0.1) is 0 Å². The van der Waals surface area contributed by atoms with Gasteiger partial charge in [-0.25, -0.2) is 0 Å². The normalized spacial score (nSPS) is 20.6. The minimum Gasteiger partial charge on any atom is -0.484 e. The third-order valence-corrected chi connectivity index (χ3v) is 4.52. The summed E-state index contributed by atoms with van der Waals surface area (Å²) in [5.74, 6) is 0.286. The molecule has 2 N–H and O–H groups in total. The van der Waals surface area contributed by atoms with Gasteiger partial charge in [0.25, 0.3) is 0 Å². The standard InChI is InChI=1S/C18H25F3N2O2/c1-11-6-13(7-12(2)16(11)25-10-18(19,20)21)9-23(3)17(24)14-4-5-15(22)8-14/h6-7,14-15H,4-5,8-10,22H2,1-3H3. The van der Waals surface area contributed by atoms with Gasteiger partial charge in [0.1, 0.15) is 5.75 Å². The van der Waals surface area contributed by atoms with Gasteiger partial charge in [0, 0.05) is 25.6 Å². The molecule has 140 valence electrons. The molecule has 25 heavy (non-hydrogen) atoms. The quantitative estimate of drug-likeness (QED) is 0.878. The number of halogens is 3. The summed E-state index contributed by atoms with van der Waals surface area (Å²) in [4.78, 5) is 14.1. The van der Waals surface area contributed by atoms with E-state index in [0.717, 1.165) is 18.4 Å². The number of aryl methyl sites for hydroxylation is 2. The van der Waals surface area contributed by atoms with Gasteiger partial charge in [-0.1, -0.05) is 12.1 Å². The predicted molar refractivity (Wildman–Crippen MR) is 89.3 cm³/mol. The van der Waals surface area contributed by atoms with Crippen molar-refractivity contribution in [3.8, 4) is 5.75 Å². The fourth-order valence-corrected chi connectivity index (χ4v) is 3.42. The molecule has 0 saturated heterocycles. The number of nitrogens with two attached hydrogens (primary N) is 1. The highest BCUT2D eigenvalue weighted by Crippen LogP contribution is 2.29. The Morgan fingerprint density at radius 1 is 1.28 bits per heavy atom. The Hall–Kier alpha value is -1.76. The van der Waals surface area contributed by atoms with Crippen molar-refractivity contribution in [1.82, 2.24) is 4.90 Å². The minimum atomic E-state index is -4.37. The second kappa shape index (κ2) is 7.64. The maximum Gasteiger partial charge on any atom is 0.422 e. The van der Waals surface area contributed by atoms with E-state index in [2.05, 4.69) is 0 Å². The molecule has 0 spiro atoms. The van der Waals surface area contributed by atoms with Crippen molar-refractivity contribution in [3.63, 3.8) is 0 Å². The first kappa shape index (κ1) is 19.6. The molecule has 1 aromatic carbocycles. The van der Waals surface area contributed by atoms with Crippen LogP contribution in [0.15, 0.2) is 12.1 Å². The summed E-state index contributed by atoms with van der Waals surface area (Å²) in [6.45, 7) is 2.51. The fraction of sp³-hybridized carbons (Fsp3) is 0.611. The average Bonchev–Trinajstić information content (AvgIpc) is 2.90. The highest BCUT2D eigenvalue weighted by molar-refractivity contribution is 5.79. The Labute approximate surface area is 146 Å². The number of rotatable bonds is 5. The first-order chi connectivity index (χ1) is 11.6. The third kappa shape index (κ3) is 5.36. The van der Waals surface area contributed by atoms with Crippen molar-refractivity contribution in [2.75, 3.05) is 13.7 Å². The van der Waals surface area contributed by atoms with Crippen LogP contribution in [0, 0.1) is 19.8 Å². The molecule has 4 nitrogen and oxygen atoms in total. The van der Waals surface area contributed by atoms with Crippen LogP contribution in [0.2, 0.25) is 0 Å². The number of alkyl halides is 3. The highest BCUT2D eigenvalue weighted by atomic mass is 19.4. The smallest absolute Gasteiger partial charge is 0.422 e. The van der Waals surface area contributed by atoms with Crippen LogP contribution in [-0.2, 0) is 11.3 Å². The first-order valence-electron chi connectivity index (χ1n) is 8.37. The van der Waals surface area contributed by atoms with Gasteiger partial charge >= 0.3 is 6.18 Å². The second-order valence-electron chi connectivity index (χ2n) is 6.93. The van der Waals surface area contributed by atoms with Crippen LogP contribution in [0.4, 0.5) is 13.2 Å². The number of hydrogen-bond donors (Lipinski definition) is 1. The lowest BCUT2D eigenvalue weighted by atomic mass is 10.0. The molecule has 7 heteroatoms. The summed E-state index contributed by atoms with van der Waals surface area (Å²) in [7, 11) is 1.74. The molecule has 1 aliphatic carbocycles. The molecule has 2 rings (SSSR count). The molecule has 1 aliphatic rings. The second-order valence-corrected chi connectivity index (χ2v) is 6.93. The predicted octanol–water partition coefficient (Wildman–Crippen LogP) is 3.33. The van der Waals surface area contributed by atoms with Crippen molar-refractivity contribution in [2.45, 2.75) is 51.9 Å². The van der Waals surface area contributed by atoms with E-state index in [1.165, 1.54) is 0 Å². The maximum atomic E-state index is 12.5. The largest absolute Gasteiger partial charge is 0.484 e. The lowest BCUT2D eigenvalue weighted by Gasteiger charge is -2.22. The van der Waals surface area contributed by atoms with Crippen LogP contribution in [0.3, 0.4) is 0 Å². The highest BCUT2D eigenvalue weighted by Gasteiger charge is 2.30. The number of benzene rings is 1. The molecule has 2 unspecified atom stereocenters. The molecule has 1 aromatic rings. The topological polar surface area (TPSA) is 55.6 Å². The molecule has 0 heterocycles. The molecule has 0 radical (unpaired) electrons. The zero-order valence-corrected chi connectivity index (χ0v) is 14.8. The minimum absolute atomic E-state index is 0.0309. The van der Waals surface area contributed by atoms with E-state index in [0.29, 0.717) is 24.1 Å². The molecule has 2 atom stereocenters. The van der Waals surface area contributed by atoms with Crippen LogP contribution in [0.5, 0.6) is 5.75 Å². The molecule has 1 amide bonds. The zero-order chi connectivity index (χ0) is 18.8. The summed E-state index contributed by atoms with van der Waals surface area (Å²) in [5, 5.41) is 0. The summed E-state index contributed by atoms with van der Waals surface area (Å²) in [5.41, 5.74) is 7.99. The summed E-state index contributed by atoms with van der Waals surface area (Å²) < 4.78 is 41.9. The lowest BCUT2D eigenvalue weighted by Crippen LogP contribution is -2.32. The van der Waals surface area contributed by atoms with Crippen LogP contribution < -0.4 is 10.5 Å². The number of carbonyl (C=O) groups is 1. The Bertz CT molecular complexity index is 608. The van der Waals surface area contributed by atoms with E-state index in [1.54, 1.807) is 37.9 Å². The van der Waals surface area contributed by atoms with Gasteiger partial charge < -0.3 is 15.4 Å². The van der Waals surface area contributed by atoms with Crippen LogP contribution >= 0.6 is 0 Å². The van der Waals surface area contributed by atoms with Gasteiger partial charge in [0.15, 0.2) is 6.61 Å². The number of carbonyl (C=O) groups excluding carboxylic acids is 1. The van der Waals surface area contributed by atoms with Gasteiger partial charge in [0.2, 0.25) is 5.91 Å². The summed E-state index contributed by atoms with van der Waals surface area (Å²) in [6, 6.07) is 3.63. The first-order valence-corrected chi connectivity index (χ1v) is 8.37. The van der Waals surface area contributed by atoms with Crippen molar-refractivity contribution in [3.05, 3.63) is 28.8 Å². The van der Waals surface area contributed by atoms with E-state index in [-0.39, 0.29) is 23.6 Å². The Morgan fingerprint density at radius 2 is 1.88 bits per heavy atom. The Morgan fingerprint density at radius 3 is 2.36 bits per heavy atom. The molecule has 1 saturated carbocycles. The number of ether oxygens (including phenoxy) is 1. The van der Waals surface area contributed by atoms with Crippen molar-refractivity contribution in [1.29, 1.82) is 0 Å². The lowest BCUT2D eigenvalue weighted by molar-refractivity contribution is -0.153. The summed E-state index contributed by atoms with van der Waals surface area (Å²) in [6.07, 6.45) is -1.97. The molecular weight excluding hydrogens is 333 g/mol. The number of hydrogen-bond acceptors (Lipinski definition) is 3. The van der Waals surface area contributed by atoms with Gasteiger partial charge in [-0.15, -0.1) is 0 Å². The third-order valence-electron chi connectivity index (χ3n) is 4.52. The molecule has 1 fully saturated rings. The van der Waals surface area contributed by atoms with Gasteiger partial charge in [-0.2, -0.15) is 13.2 Å². The fourth-order valence-electron chi connectivity index (χ4n) is 3.42. The van der Waals surface area contributed by atoms with E-state index < -0.39 is 12.8 Å². The molecule has 0 aromatic heterocycles. The van der Waals surface area contributed by atoms with Crippen LogP contribution in [-0.4, -0.2) is 36.7 Å². The average molecular weight is 358 g/mol. The van der Waals surface area contributed by atoms with Gasteiger partial charge in [-0.05, 0) is 49.8 Å².